The molecule has 11 heteroatoms. The third kappa shape index (κ3) is 6.78. The van der Waals surface area contributed by atoms with E-state index in [0.717, 1.165) is 64.7 Å². The maximum Gasteiger partial charge on any atom is 0.318 e. The number of aryl methyl sites for hydroxylation is 1. The second-order valence-electron chi connectivity index (χ2n) is 13.8. The van der Waals surface area contributed by atoms with E-state index in [-0.39, 0.29) is 23.4 Å². The van der Waals surface area contributed by atoms with Crippen LogP contribution in [0, 0.1) is 6.92 Å². The molecule has 3 N–H and O–H groups in total. The number of piperazine rings is 1. The van der Waals surface area contributed by atoms with E-state index in [1.54, 1.807) is 11.1 Å². The number of nitrogens with zero attached hydrogens (tertiary/aromatic N) is 5. The zero-order valence-electron chi connectivity index (χ0n) is 27.5. The fourth-order valence-electron chi connectivity index (χ4n) is 7.86. The van der Waals surface area contributed by atoms with Crippen molar-refractivity contribution in [2.45, 2.75) is 57.0 Å². The molecule has 4 aromatic rings. The van der Waals surface area contributed by atoms with Crippen LogP contribution in [0.15, 0.2) is 53.5 Å². The topological polar surface area (TPSA) is 121 Å². The SMILES string of the molecule is Cc1cc(C[C@@H](NC(=O)N2CCC(c3cc4ccccc4[nH]c3=O)CC2)C(=O)N2CCN(C3CCN(C)CC3)CC2)cc2cn[nH]c12. The summed E-state index contributed by atoms with van der Waals surface area (Å²) in [6.07, 6.45) is 5.94. The van der Waals surface area contributed by atoms with Gasteiger partial charge in [0.2, 0.25) is 5.91 Å². The molecule has 0 radical (unpaired) electrons. The van der Waals surface area contributed by atoms with Crippen molar-refractivity contribution >= 4 is 33.7 Å². The first-order valence-corrected chi connectivity index (χ1v) is 17.1. The summed E-state index contributed by atoms with van der Waals surface area (Å²) in [6, 6.07) is 13.6. The number of benzene rings is 2. The number of aromatic nitrogens is 3. The minimum atomic E-state index is -0.679. The van der Waals surface area contributed by atoms with Gasteiger partial charge in [-0.1, -0.05) is 24.3 Å². The van der Waals surface area contributed by atoms with Crippen molar-refractivity contribution in [3.8, 4) is 0 Å². The van der Waals surface area contributed by atoms with Gasteiger partial charge in [-0.15, -0.1) is 0 Å². The maximum absolute atomic E-state index is 14.1. The Morgan fingerprint density at radius 1 is 0.915 bits per heavy atom. The average Bonchev–Trinajstić information content (AvgIpc) is 3.57. The summed E-state index contributed by atoms with van der Waals surface area (Å²) in [6.45, 7) is 8.39. The number of aromatic amines is 2. The van der Waals surface area contributed by atoms with E-state index in [9.17, 15) is 14.4 Å². The van der Waals surface area contributed by atoms with Crippen LogP contribution in [0.1, 0.15) is 48.3 Å². The van der Waals surface area contributed by atoms with E-state index in [2.05, 4.69) is 49.5 Å². The Bertz CT molecular complexity index is 1790. The lowest BCUT2D eigenvalue weighted by Crippen LogP contribution is -2.59. The number of fused-ring (bicyclic) bond motifs is 2. The van der Waals surface area contributed by atoms with Crippen LogP contribution in [0.5, 0.6) is 0 Å². The molecule has 0 aliphatic carbocycles. The molecule has 0 unspecified atom stereocenters. The van der Waals surface area contributed by atoms with Crippen LogP contribution in [-0.4, -0.2) is 118 Å². The molecule has 11 nitrogen and oxygen atoms in total. The smallest absolute Gasteiger partial charge is 0.318 e. The monoisotopic (exact) mass is 638 g/mol. The lowest BCUT2D eigenvalue weighted by atomic mass is 9.89. The van der Waals surface area contributed by atoms with Gasteiger partial charge in [0.1, 0.15) is 6.04 Å². The zero-order chi connectivity index (χ0) is 32.5. The molecule has 3 saturated heterocycles. The second-order valence-corrected chi connectivity index (χ2v) is 13.8. The summed E-state index contributed by atoms with van der Waals surface area (Å²) < 4.78 is 0. The highest BCUT2D eigenvalue weighted by Gasteiger charge is 2.34. The molecule has 7 rings (SSSR count). The number of carbonyl (C=O) groups is 2. The number of urea groups is 1. The van der Waals surface area contributed by atoms with Crippen molar-refractivity contribution in [3.63, 3.8) is 0 Å². The normalized spacial score (nSPS) is 19.8. The third-order valence-corrected chi connectivity index (χ3v) is 10.7. The molecule has 0 saturated carbocycles. The van der Waals surface area contributed by atoms with Crippen molar-refractivity contribution in [3.05, 3.63) is 75.7 Å². The number of pyridine rings is 1. The number of H-pyrrole nitrogens is 2. The summed E-state index contributed by atoms with van der Waals surface area (Å²) in [5, 5.41) is 12.4. The molecule has 0 bridgehead atoms. The molecule has 3 amide bonds. The van der Waals surface area contributed by atoms with Crippen LogP contribution in [0.3, 0.4) is 0 Å². The number of rotatable bonds is 6. The van der Waals surface area contributed by atoms with E-state index in [1.807, 2.05) is 42.2 Å². The number of hydrogen-bond donors (Lipinski definition) is 3. The number of likely N-dealkylation sites (tertiary alicyclic amines) is 2. The van der Waals surface area contributed by atoms with E-state index < -0.39 is 6.04 Å². The minimum absolute atomic E-state index is 0.0242. The number of nitrogens with one attached hydrogen (secondary N) is 3. The highest BCUT2D eigenvalue weighted by molar-refractivity contribution is 5.88. The molecule has 47 heavy (non-hydrogen) atoms. The summed E-state index contributed by atoms with van der Waals surface area (Å²) in [5.74, 6) is 0.0549. The standard InChI is InChI=1S/C36H46N8O3/c1-24-19-25(20-28-23-37-40-33(24)28)21-32(35(46)43-17-15-42(16-18-43)29-9-11-41(2)12-10-29)39-36(47)44-13-7-26(8-14-44)30-22-27-5-3-4-6-31(27)38-34(30)45/h3-6,19-20,22-23,26,29,32H,7-18,21H2,1-2H3,(H,37,40)(H,38,45)(H,39,47)/t32-/m1/s1. The molecular formula is C36H46N8O3. The van der Waals surface area contributed by atoms with Gasteiger partial charge in [0.25, 0.3) is 5.56 Å². The highest BCUT2D eigenvalue weighted by Crippen LogP contribution is 2.28. The Kier molecular flexibility index (Phi) is 9.00. The molecule has 1 atom stereocenters. The Labute approximate surface area is 275 Å². The molecule has 3 aliphatic heterocycles. The van der Waals surface area contributed by atoms with Gasteiger partial charge >= 0.3 is 6.03 Å². The first-order chi connectivity index (χ1) is 22.8. The van der Waals surface area contributed by atoms with Crippen molar-refractivity contribution in [2.75, 3.05) is 59.4 Å². The number of amides is 3. The maximum atomic E-state index is 14.1. The number of hydrogen-bond acceptors (Lipinski definition) is 6. The minimum Gasteiger partial charge on any atom is -0.338 e. The summed E-state index contributed by atoms with van der Waals surface area (Å²) >= 11 is 0. The number of carbonyl (C=O) groups excluding carboxylic acids is 2. The summed E-state index contributed by atoms with van der Waals surface area (Å²) in [7, 11) is 2.18. The van der Waals surface area contributed by atoms with Crippen molar-refractivity contribution in [1.29, 1.82) is 0 Å². The largest absolute Gasteiger partial charge is 0.338 e. The molecule has 248 valence electrons. The van der Waals surface area contributed by atoms with Crippen LogP contribution in [0.2, 0.25) is 0 Å². The van der Waals surface area contributed by atoms with Gasteiger partial charge in [0.05, 0.1) is 11.7 Å². The van der Waals surface area contributed by atoms with E-state index >= 15 is 0 Å². The fourth-order valence-corrected chi connectivity index (χ4v) is 7.86. The van der Waals surface area contributed by atoms with Gasteiger partial charge in [-0.3, -0.25) is 19.6 Å². The van der Waals surface area contributed by atoms with Gasteiger partial charge in [0.15, 0.2) is 0 Å². The first kappa shape index (κ1) is 31.4. The van der Waals surface area contributed by atoms with Crippen LogP contribution in [0.25, 0.3) is 21.8 Å². The Morgan fingerprint density at radius 2 is 1.66 bits per heavy atom. The Hall–Kier alpha value is -4.22. The average molecular weight is 639 g/mol. The van der Waals surface area contributed by atoms with Crippen molar-refractivity contribution in [2.24, 2.45) is 0 Å². The fraction of sp³-hybridized carbons (Fsp3) is 0.500. The molecule has 2 aromatic heterocycles. The zero-order valence-corrected chi connectivity index (χ0v) is 27.5. The van der Waals surface area contributed by atoms with Gasteiger partial charge in [-0.05, 0) is 93.4 Å². The second kappa shape index (κ2) is 13.5. The van der Waals surface area contributed by atoms with Crippen LogP contribution in [-0.2, 0) is 11.2 Å². The van der Waals surface area contributed by atoms with Gasteiger partial charge in [0, 0.05) is 68.2 Å². The highest BCUT2D eigenvalue weighted by atomic mass is 16.2. The van der Waals surface area contributed by atoms with Crippen molar-refractivity contribution in [1.82, 2.24) is 40.1 Å². The first-order valence-electron chi connectivity index (χ1n) is 17.1. The lowest BCUT2D eigenvalue weighted by Gasteiger charge is -2.43. The van der Waals surface area contributed by atoms with Crippen molar-refractivity contribution < 1.29 is 9.59 Å². The summed E-state index contributed by atoms with van der Waals surface area (Å²) in [5.41, 5.74) is 4.59. The Morgan fingerprint density at radius 3 is 2.43 bits per heavy atom. The predicted molar refractivity (Wildman–Crippen MR) is 184 cm³/mol. The van der Waals surface area contributed by atoms with Gasteiger partial charge in [-0.25, -0.2) is 4.79 Å². The number of para-hydroxylation sites is 1. The molecular weight excluding hydrogens is 592 g/mol. The van der Waals surface area contributed by atoms with Crippen LogP contribution < -0.4 is 10.9 Å². The molecule has 3 fully saturated rings. The van der Waals surface area contributed by atoms with Gasteiger partial charge in [-0.2, -0.15) is 5.10 Å². The lowest BCUT2D eigenvalue weighted by molar-refractivity contribution is -0.135. The van der Waals surface area contributed by atoms with Crippen LogP contribution >= 0.6 is 0 Å². The molecule has 3 aliphatic rings. The molecule has 2 aromatic carbocycles. The third-order valence-electron chi connectivity index (χ3n) is 10.7. The quantitative estimate of drug-likeness (QED) is 0.298. The van der Waals surface area contributed by atoms with Gasteiger partial charge < -0.3 is 25.0 Å². The van der Waals surface area contributed by atoms with E-state index in [0.29, 0.717) is 51.5 Å². The van der Waals surface area contributed by atoms with E-state index in [1.165, 1.54) is 12.8 Å². The molecule has 0 spiro atoms. The molecule has 5 heterocycles. The Balaban J connectivity index is 1.03. The predicted octanol–water partition coefficient (Wildman–Crippen LogP) is 3.45. The van der Waals surface area contributed by atoms with Crippen LogP contribution in [0.4, 0.5) is 4.79 Å². The van der Waals surface area contributed by atoms with E-state index in [4.69, 9.17) is 0 Å². The number of piperidine rings is 2. The summed E-state index contributed by atoms with van der Waals surface area (Å²) in [4.78, 5) is 52.5.